The molecule has 1 rings (SSSR count). The third-order valence-corrected chi connectivity index (χ3v) is 3.80. The molecule has 1 heterocycles. The predicted molar refractivity (Wildman–Crippen MR) is 75.2 cm³/mol. The lowest BCUT2D eigenvalue weighted by Gasteiger charge is -2.16. The summed E-state index contributed by atoms with van der Waals surface area (Å²) >= 11 is 3.65. The fraction of sp³-hybridized carbons (Fsp3) is 0.750. The molecule has 17 heavy (non-hydrogen) atoms. The van der Waals surface area contributed by atoms with Crippen LogP contribution < -0.4 is 5.32 Å². The van der Waals surface area contributed by atoms with Crippen LogP contribution in [0.4, 0.5) is 0 Å². The Morgan fingerprint density at radius 2 is 2.18 bits per heavy atom. The maximum atomic E-state index is 4.51. The first kappa shape index (κ1) is 14.7. The van der Waals surface area contributed by atoms with E-state index in [9.17, 15) is 0 Å². The first-order chi connectivity index (χ1) is 8.10. The third kappa shape index (κ3) is 4.08. The quantitative estimate of drug-likeness (QED) is 0.780. The van der Waals surface area contributed by atoms with Crippen LogP contribution >= 0.6 is 15.9 Å². The number of nitrogens with one attached hydrogen (secondary N) is 1. The number of hydrogen-bond acceptors (Lipinski definition) is 3. The van der Waals surface area contributed by atoms with E-state index < -0.39 is 0 Å². The maximum absolute atomic E-state index is 4.51. The molecule has 0 aliphatic heterocycles. The molecule has 5 heteroatoms. The van der Waals surface area contributed by atoms with Gasteiger partial charge < -0.3 is 10.2 Å². The van der Waals surface area contributed by atoms with Gasteiger partial charge in [-0.05, 0) is 56.0 Å². The van der Waals surface area contributed by atoms with Gasteiger partial charge in [0.1, 0.15) is 0 Å². The van der Waals surface area contributed by atoms with Gasteiger partial charge in [0, 0.05) is 13.6 Å². The molecule has 0 fully saturated rings. The fourth-order valence-electron chi connectivity index (χ4n) is 1.85. The predicted octanol–water partition coefficient (Wildman–Crippen LogP) is 1.79. The van der Waals surface area contributed by atoms with Crippen molar-refractivity contribution in [3.8, 4) is 0 Å². The van der Waals surface area contributed by atoms with E-state index in [1.54, 1.807) is 0 Å². The van der Waals surface area contributed by atoms with E-state index in [0.29, 0.717) is 0 Å². The van der Waals surface area contributed by atoms with Crippen molar-refractivity contribution in [2.75, 3.05) is 27.2 Å². The van der Waals surface area contributed by atoms with Crippen molar-refractivity contribution in [2.45, 2.75) is 26.3 Å². The lowest BCUT2D eigenvalue weighted by molar-refractivity contribution is 0.311. The van der Waals surface area contributed by atoms with Gasteiger partial charge in [-0.3, -0.25) is 4.68 Å². The number of rotatable bonds is 7. The SMILES string of the molecule is CCc1nn(C)c(CN(C)CCCNC)c1Br. The molecule has 0 saturated heterocycles. The van der Waals surface area contributed by atoms with Gasteiger partial charge in [-0.1, -0.05) is 6.92 Å². The minimum absolute atomic E-state index is 0.938. The van der Waals surface area contributed by atoms with Crippen LogP contribution in [0.2, 0.25) is 0 Å². The second-order valence-electron chi connectivity index (χ2n) is 4.38. The van der Waals surface area contributed by atoms with Crippen molar-refractivity contribution in [3.05, 3.63) is 15.9 Å². The zero-order valence-corrected chi connectivity index (χ0v) is 12.8. The maximum Gasteiger partial charge on any atom is 0.0767 e. The summed E-state index contributed by atoms with van der Waals surface area (Å²) in [6, 6.07) is 0. The second kappa shape index (κ2) is 7.13. The van der Waals surface area contributed by atoms with Gasteiger partial charge in [0.05, 0.1) is 15.9 Å². The standard InChI is InChI=1S/C12H23BrN4/c1-5-10-12(13)11(17(4)15-10)9-16(3)8-6-7-14-2/h14H,5-9H2,1-4H3. The van der Waals surface area contributed by atoms with Crippen molar-refractivity contribution in [2.24, 2.45) is 7.05 Å². The molecule has 98 valence electrons. The summed E-state index contributed by atoms with van der Waals surface area (Å²) in [6.07, 6.45) is 2.14. The number of aryl methyl sites for hydroxylation is 2. The molecular formula is C12H23BrN4. The van der Waals surface area contributed by atoms with E-state index in [2.05, 4.69) is 45.2 Å². The van der Waals surface area contributed by atoms with E-state index in [-0.39, 0.29) is 0 Å². The smallest absolute Gasteiger partial charge is 0.0767 e. The van der Waals surface area contributed by atoms with E-state index in [1.807, 2.05) is 18.8 Å². The van der Waals surface area contributed by atoms with Crippen molar-refractivity contribution < 1.29 is 0 Å². The number of hydrogen-bond donors (Lipinski definition) is 1. The highest BCUT2D eigenvalue weighted by molar-refractivity contribution is 9.10. The Kier molecular flexibility index (Phi) is 6.16. The van der Waals surface area contributed by atoms with Gasteiger partial charge >= 0.3 is 0 Å². The highest BCUT2D eigenvalue weighted by atomic mass is 79.9. The van der Waals surface area contributed by atoms with Gasteiger partial charge in [-0.2, -0.15) is 5.10 Å². The van der Waals surface area contributed by atoms with Crippen LogP contribution in [-0.4, -0.2) is 41.9 Å². The van der Waals surface area contributed by atoms with Crippen molar-refractivity contribution in [1.82, 2.24) is 20.0 Å². The summed E-state index contributed by atoms with van der Waals surface area (Å²) in [6.45, 7) is 5.23. The zero-order chi connectivity index (χ0) is 12.8. The van der Waals surface area contributed by atoms with Gasteiger partial charge in [0.15, 0.2) is 0 Å². The number of nitrogens with zero attached hydrogens (tertiary/aromatic N) is 3. The Bertz CT molecular complexity index is 349. The average molecular weight is 303 g/mol. The highest BCUT2D eigenvalue weighted by Gasteiger charge is 2.13. The molecule has 1 aromatic rings. The molecule has 0 aliphatic rings. The fourth-order valence-corrected chi connectivity index (χ4v) is 2.59. The molecule has 0 aromatic carbocycles. The summed E-state index contributed by atoms with van der Waals surface area (Å²) in [5.41, 5.74) is 2.40. The molecule has 0 spiro atoms. The molecule has 0 aliphatic carbocycles. The molecule has 1 aromatic heterocycles. The van der Waals surface area contributed by atoms with Gasteiger partial charge in [-0.15, -0.1) is 0 Å². The van der Waals surface area contributed by atoms with Crippen molar-refractivity contribution in [1.29, 1.82) is 0 Å². The van der Waals surface area contributed by atoms with Gasteiger partial charge in [-0.25, -0.2) is 0 Å². The Balaban J connectivity index is 2.58. The normalized spacial score (nSPS) is 11.4. The first-order valence-corrected chi connectivity index (χ1v) is 6.92. The van der Waals surface area contributed by atoms with Crippen LogP contribution in [0.3, 0.4) is 0 Å². The topological polar surface area (TPSA) is 33.1 Å². The molecule has 0 amide bonds. The number of halogens is 1. The monoisotopic (exact) mass is 302 g/mol. The summed E-state index contributed by atoms with van der Waals surface area (Å²) < 4.78 is 3.15. The first-order valence-electron chi connectivity index (χ1n) is 6.13. The van der Waals surface area contributed by atoms with Crippen molar-refractivity contribution >= 4 is 15.9 Å². The van der Waals surface area contributed by atoms with Crippen LogP contribution in [0.1, 0.15) is 24.7 Å². The van der Waals surface area contributed by atoms with E-state index in [4.69, 9.17) is 0 Å². The molecule has 0 bridgehead atoms. The van der Waals surface area contributed by atoms with Crippen LogP contribution in [-0.2, 0) is 20.0 Å². The molecule has 0 unspecified atom stereocenters. The van der Waals surface area contributed by atoms with E-state index in [0.717, 1.165) is 31.7 Å². The second-order valence-corrected chi connectivity index (χ2v) is 5.17. The summed E-state index contributed by atoms with van der Waals surface area (Å²) in [7, 11) is 6.16. The highest BCUT2D eigenvalue weighted by Crippen LogP contribution is 2.22. The van der Waals surface area contributed by atoms with Gasteiger partial charge in [0.25, 0.3) is 0 Å². The Hall–Kier alpha value is -0.390. The van der Waals surface area contributed by atoms with E-state index >= 15 is 0 Å². The minimum Gasteiger partial charge on any atom is -0.320 e. The summed E-state index contributed by atoms with van der Waals surface area (Å²) in [5, 5.41) is 7.68. The molecule has 0 radical (unpaired) electrons. The van der Waals surface area contributed by atoms with Crippen LogP contribution in [0.25, 0.3) is 0 Å². The van der Waals surface area contributed by atoms with Crippen LogP contribution in [0, 0.1) is 0 Å². The largest absolute Gasteiger partial charge is 0.320 e. The minimum atomic E-state index is 0.938. The molecule has 4 nitrogen and oxygen atoms in total. The third-order valence-electron chi connectivity index (χ3n) is 2.89. The van der Waals surface area contributed by atoms with Crippen LogP contribution in [0.15, 0.2) is 4.47 Å². The van der Waals surface area contributed by atoms with E-state index in [1.165, 1.54) is 16.6 Å². The van der Waals surface area contributed by atoms with Gasteiger partial charge in [0.2, 0.25) is 0 Å². The summed E-state index contributed by atoms with van der Waals surface area (Å²) in [4.78, 5) is 2.33. The Morgan fingerprint density at radius 1 is 1.47 bits per heavy atom. The Labute approximate surface area is 113 Å². The number of aromatic nitrogens is 2. The molecular weight excluding hydrogens is 280 g/mol. The zero-order valence-electron chi connectivity index (χ0n) is 11.3. The molecule has 1 N–H and O–H groups in total. The van der Waals surface area contributed by atoms with Crippen LogP contribution in [0.5, 0.6) is 0 Å². The van der Waals surface area contributed by atoms with Crippen molar-refractivity contribution in [3.63, 3.8) is 0 Å². The lowest BCUT2D eigenvalue weighted by atomic mass is 10.3. The molecule has 0 atom stereocenters. The summed E-state index contributed by atoms with van der Waals surface area (Å²) in [5.74, 6) is 0. The lowest BCUT2D eigenvalue weighted by Crippen LogP contribution is -2.23. The molecule has 0 saturated carbocycles. The Morgan fingerprint density at radius 3 is 2.71 bits per heavy atom. The average Bonchev–Trinajstić information content (AvgIpc) is 2.57.